The van der Waals surface area contributed by atoms with Gasteiger partial charge in [0.1, 0.15) is 12.7 Å². The van der Waals surface area contributed by atoms with E-state index in [-0.39, 0.29) is 19.4 Å². The quantitative estimate of drug-likeness (QED) is 0.0324. The molecule has 0 bridgehead atoms. The molecule has 0 spiro atoms. The molecule has 0 saturated carbocycles. The number of aliphatic hydroxyl groups excluding tert-OH is 2. The lowest BCUT2D eigenvalue weighted by Crippen LogP contribution is -2.29. The van der Waals surface area contributed by atoms with Gasteiger partial charge in [0.2, 0.25) is 0 Å². The number of rotatable bonds is 36. The van der Waals surface area contributed by atoms with Crippen molar-refractivity contribution in [2.24, 2.45) is 11.8 Å². The van der Waals surface area contributed by atoms with Crippen LogP contribution in [0.1, 0.15) is 182 Å². The number of carbonyl (C=O) groups is 2. The summed E-state index contributed by atoms with van der Waals surface area (Å²) >= 11 is 0. The maximum absolute atomic E-state index is 12.6. The molecule has 0 aliphatic rings. The Morgan fingerprint density at radius 2 is 0.918 bits per heavy atom. The zero-order valence-electron chi connectivity index (χ0n) is 31.8. The van der Waals surface area contributed by atoms with Crippen LogP contribution in [-0.2, 0) is 32.7 Å². The zero-order valence-corrected chi connectivity index (χ0v) is 32.6. The maximum Gasteiger partial charge on any atom is 0.472 e. The molecule has 49 heavy (non-hydrogen) atoms. The predicted molar refractivity (Wildman–Crippen MR) is 196 cm³/mol. The van der Waals surface area contributed by atoms with Crippen LogP contribution in [0.15, 0.2) is 0 Å². The second-order valence-corrected chi connectivity index (χ2v) is 16.1. The summed E-state index contributed by atoms with van der Waals surface area (Å²) in [6.07, 6.45) is 23.9. The van der Waals surface area contributed by atoms with Crippen molar-refractivity contribution < 1.29 is 47.8 Å². The molecule has 0 aliphatic heterocycles. The van der Waals surface area contributed by atoms with E-state index < -0.39 is 51.8 Å². The number of aliphatic hydroxyl groups is 2. The fourth-order valence-electron chi connectivity index (χ4n) is 5.54. The van der Waals surface area contributed by atoms with Crippen LogP contribution in [0.5, 0.6) is 0 Å². The van der Waals surface area contributed by atoms with Crippen LogP contribution in [0.4, 0.5) is 0 Å². The molecule has 0 amide bonds. The Balaban J connectivity index is 4.27. The molecule has 0 aliphatic carbocycles. The van der Waals surface area contributed by atoms with Gasteiger partial charge in [0.25, 0.3) is 0 Å². The van der Waals surface area contributed by atoms with E-state index in [2.05, 4.69) is 32.2 Å². The average Bonchev–Trinajstić information content (AvgIpc) is 3.05. The van der Waals surface area contributed by atoms with Crippen molar-refractivity contribution in [1.29, 1.82) is 0 Å². The van der Waals surface area contributed by atoms with Gasteiger partial charge in [-0.3, -0.25) is 18.6 Å². The number of hydrogen-bond donors (Lipinski definition) is 3. The molecule has 10 nitrogen and oxygen atoms in total. The molecular formula is C38H75O10P. The lowest BCUT2D eigenvalue weighted by Gasteiger charge is -2.20. The van der Waals surface area contributed by atoms with Gasteiger partial charge in [0.05, 0.1) is 19.8 Å². The van der Waals surface area contributed by atoms with Crippen LogP contribution in [0.25, 0.3) is 0 Å². The molecule has 0 heterocycles. The van der Waals surface area contributed by atoms with Gasteiger partial charge in [-0.2, -0.15) is 0 Å². The monoisotopic (exact) mass is 723 g/mol. The molecule has 0 rings (SSSR count). The SMILES string of the molecule is CC(C)CCCCCCCCCCCCCCCCC(=O)O[C@H](COC(=O)CCCCCCCCC(C)C)COP(=O)(O)OC[C@@H](O)CO. The third-order valence-electron chi connectivity index (χ3n) is 8.62. The fourth-order valence-corrected chi connectivity index (χ4v) is 6.33. The number of hydrogen-bond acceptors (Lipinski definition) is 9. The predicted octanol–water partition coefficient (Wildman–Crippen LogP) is 9.60. The summed E-state index contributed by atoms with van der Waals surface area (Å²) in [6.45, 7) is 6.95. The number of esters is 2. The first-order chi connectivity index (χ1) is 23.4. The molecule has 3 atom stereocenters. The van der Waals surface area contributed by atoms with Crippen molar-refractivity contribution in [2.45, 2.75) is 194 Å². The number of phosphoric ester groups is 1. The van der Waals surface area contributed by atoms with Crippen molar-refractivity contribution in [2.75, 3.05) is 26.4 Å². The molecule has 3 N–H and O–H groups in total. The number of carbonyl (C=O) groups excluding carboxylic acids is 2. The van der Waals surface area contributed by atoms with Crippen LogP contribution < -0.4 is 0 Å². The summed E-state index contributed by atoms with van der Waals surface area (Å²) in [5.41, 5.74) is 0. The summed E-state index contributed by atoms with van der Waals surface area (Å²) < 4.78 is 32.6. The van der Waals surface area contributed by atoms with Crippen LogP contribution >= 0.6 is 7.82 Å². The first-order valence-corrected chi connectivity index (χ1v) is 21.2. The molecule has 0 aromatic heterocycles. The second-order valence-electron chi connectivity index (χ2n) is 14.6. The molecule has 0 fully saturated rings. The lowest BCUT2D eigenvalue weighted by atomic mass is 10.0. The highest BCUT2D eigenvalue weighted by atomic mass is 31.2. The van der Waals surface area contributed by atoms with Gasteiger partial charge in [-0.1, -0.05) is 156 Å². The largest absolute Gasteiger partial charge is 0.472 e. The minimum absolute atomic E-state index is 0.190. The molecule has 11 heteroatoms. The zero-order chi connectivity index (χ0) is 36.6. The third-order valence-corrected chi connectivity index (χ3v) is 9.57. The fraction of sp³-hybridized carbons (Fsp3) is 0.947. The van der Waals surface area contributed by atoms with Crippen molar-refractivity contribution in [3.05, 3.63) is 0 Å². The highest BCUT2D eigenvalue weighted by Crippen LogP contribution is 2.43. The molecule has 1 unspecified atom stereocenters. The minimum Gasteiger partial charge on any atom is -0.462 e. The lowest BCUT2D eigenvalue weighted by molar-refractivity contribution is -0.161. The van der Waals surface area contributed by atoms with E-state index >= 15 is 0 Å². The van der Waals surface area contributed by atoms with Gasteiger partial charge in [0, 0.05) is 12.8 Å². The number of ether oxygens (including phenoxy) is 2. The van der Waals surface area contributed by atoms with Gasteiger partial charge in [0.15, 0.2) is 6.10 Å². The Morgan fingerprint density at radius 3 is 1.33 bits per heavy atom. The Bertz CT molecular complexity index is 822. The normalized spacial score (nSPS) is 14.2. The molecular weight excluding hydrogens is 647 g/mol. The summed E-state index contributed by atoms with van der Waals surface area (Å²) in [5.74, 6) is 0.625. The van der Waals surface area contributed by atoms with Crippen LogP contribution in [-0.4, -0.2) is 65.7 Å². The number of unbranched alkanes of at least 4 members (excludes halogenated alkanes) is 18. The minimum atomic E-state index is -4.60. The van der Waals surface area contributed by atoms with Crippen LogP contribution in [0.2, 0.25) is 0 Å². The summed E-state index contributed by atoms with van der Waals surface area (Å²) in [6, 6.07) is 0. The standard InChI is InChI=1S/C38H75O10P/c1-33(2)25-21-17-13-11-9-7-5-6-8-10-12-14-20-24-28-38(42)48-36(32-47-49(43,44)46-30-35(40)29-39)31-45-37(41)27-23-19-16-15-18-22-26-34(3)4/h33-36,39-40H,5-32H2,1-4H3,(H,43,44)/t35-,36+/m0/s1. The van der Waals surface area contributed by atoms with Crippen LogP contribution in [0, 0.1) is 11.8 Å². The van der Waals surface area contributed by atoms with Gasteiger partial charge in [-0.15, -0.1) is 0 Å². The van der Waals surface area contributed by atoms with Crippen molar-refractivity contribution in [3.8, 4) is 0 Å². The summed E-state index contributed by atoms with van der Waals surface area (Å²) in [5, 5.41) is 18.3. The Hall–Kier alpha value is -1.03. The topological polar surface area (TPSA) is 149 Å². The molecule has 0 aromatic carbocycles. The first-order valence-electron chi connectivity index (χ1n) is 19.7. The number of phosphoric acid groups is 1. The van der Waals surface area contributed by atoms with E-state index in [1.165, 1.54) is 89.9 Å². The van der Waals surface area contributed by atoms with E-state index in [1.807, 2.05) is 0 Å². The van der Waals surface area contributed by atoms with Gasteiger partial charge < -0.3 is 24.6 Å². The maximum atomic E-state index is 12.6. The molecule has 0 aromatic rings. The van der Waals surface area contributed by atoms with E-state index in [4.69, 9.17) is 19.1 Å². The Morgan fingerprint density at radius 1 is 0.551 bits per heavy atom. The van der Waals surface area contributed by atoms with Crippen LogP contribution in [0.3, 0.4) is 0 Å². The Labute approximate surface area is 299 Å². The van der Waals surface area contributed by atoms with Gasteiger partial charge in [-0.05, 0) is 24.7 Å². The van der Waals surface area contributed by atoms with E-state index in [9.17, 15) is 24.2 Å². The van der Waals surface area contributed by atoms with E-state index in [0.29, 0.717) is 12.8 Å². The highest BCUT2D eigenvalue weighted by Gasteiger charge is 2.27. The third kappa shape index (κ3) is 35.2. The molecule has 292 valence electrons. The smallest absolute Gasteiger partial charge is 0.462 e. The van der Waals surface area contributed by atoms with Crippen molar-refractivity contribution >= 4 is 19.8 Å². The van der Waals surface area contributed by atoms with Crippen molar-refractivity contribution in [1.82, 2.24) is 0 Å². The van der Waals surface area contributed by atoms with Gasteiger partial charge >= 0.3 is 19.8 Å². The van der Waals surface area contributed by atoms with Crippen molar-refractivity contribution in [3.63, 3.8) is 0 Å². The summed E-state index contributed by atoms with van der Waals surface area (Å²) in [4.78, 5) is 34.8. The average molecular weight is 723 g/mol. The van der Waals surface area contributed by atoms with E-state index in [0.717, 1.165) is 50.4 Å². The Kier molecular flexibility index (Phi) is 32.2. The first kappa shape index (κ1) is 48.0. The van der Waals surface area contributed by atoms with Gasteiger partial charge in [-0.25, -0.2) is 4.57 Å². The second kappa shape index (κ2) is 32.8. The highest BCUT2D eigenvalue weighted by molar-refractivity contribution is 7.47. The molecule has 0 saturated heterocycles. The summed E-state index contributed by atoms with van der Waals surface area (Å²) in [7, 11) is -4.60. The molecule has 0 radical (unpaired) electrons. The van der Waals surface area contributed by atoms with E-state index in [1.54, 1.807) is 0 Å².